The quantitative estimate of drug-likeness (QED) is 0.768. The molecule has 14 heavy (non-hydrogen) atoms. The largest absolute Gasteiger partial charge is 0.366 e. The molecule has 2 aromatic rings. The fraction of sp³-hybridized carbons (Fsp3) is 0. The van der Waals surface area contributed by atoms with E-state index in [1.165, 1.54) is 6.20 Å². The molecule has 0 unspecified atom stereocenters. The van der Waals surface area contributed by atoms with E-state index >= 15 is 0 Å². The van der Waals surface area contributed by atoms with E-state index in [0.29, 0.717) is 16.6 Å². The van der Waals surface area contributed by atoms with Crippen LogP contribution in [0.4, 0.5) is 0 Å². The Balaban J connectivity index is 2.84. The van der Waals surface area contributed by atoms with Gasteiger partial charge in [0.05, 0.1) is 17.3 Å². The van der Waals surface area contributed by atoms with Gasteiger partial charge in [-0.15, -0.1) is 0 Å². The molecule has 2 rings (SSSR count). The highest BCUT2D eigenvalue weighted by molar-refractivity contribution is 6.29. The number of rotatable bonds is 1. The number of carbonyl (C=O) groups is 1. The topological polar surface area (TPSA) is 68.9 Å². The summed E-state index contributed by atoms with van der Waals surface area (Å²) in [7, 11) is 0. The van der Waals surface area contributed by atoms with E-state index < -0.39 is 5.91 Å². The van der Waals surface area contributed by atoms with Crippen LogP contribution in [0.25, 0.3) is 11.0 Å². The number of aromatic nitrogens is 2. The number of primary amides is 1. The van der Waals surface area contributed by atoms with Gasteiger partial charge in [0.1, 0.15) is 10.7 Å². The first-order chi connectivity index (χ1) is 6.68. The van der Waals surface area contributed by atoms with Crippen LogP contribution in [0.3, 0.4) is 0 Å². The average molecular weight is 208 g/mol. The summed E-state index contributed by atoms with van der Waals surface area (Å²) in [5.74, 6) is -0.535. The van der Waals surface area contributed by atoms with Gasteiger partial charge in [0.25, 0.3) is 5.91 Å². The lowest BCUT2D eigenvalue weighted by Crippen LogP contribution is -2.12. The third-order valence-corrected chi connectivity index (χ3v) is 1.99. The lowest BCUT2D eigenvalue weighted by molar-refractivity contribution is 0.100. The maximum absolute atomic E-state index is 11.0. The van der Waals surface area contributed by atoms with Crippen LogP contribution in [0.1, 0.15) is 10.4 Å². The van der Waals surface area contributed by atoms with E-state index in [-0.39, 0.29) is 5.15 Å². The van der Waals surface area contributed by atoms with Crippen molar-refractivity contribution in [3.8, 4) is 0 Å². The molecule has 2 N–H and O–H groups in total. The number of nitrogens with two attached hydrogens (primary N) is 1. The first-order valence-corrected chi connectivity index (χ1v) is 4.27. The number of hydrogen-bond donors (Lipinski definition) is 1. The molecule has 0 fully saturated rings. The molecule has 0 aliphatic carbocycles. The zero-order valence-electron chi connectivity index (χ0n) is 7.07. The van der Waals surface area contributed by atoms with Crippen molar-refractivity contribution in [2.75, 3.05) is 0 Å². The van der Waals surface area contributed by atoms with Crippen LogP contribution in [0.2, 0.25) is 5.15 Å². The van der Waals surface area contributed by atoms with Gasteiger partial charge >= 0.3 is 0 Å². The van der Waals surface area contributed by atoms with Crippen molar-refractivity contribution in [3.63, 3.8) is 0 Å². The monoisotopic (exact) mass is 207 g/mol. The van der Waals surface area contributed by atoms with Gasteiger partial charge in [0.15, 0.2) is 0 Å². The second kappa shape index (κ2) is 3.23. The van der Waals surface area contributed by atoms with Crippen LogP contribution >= 0.6 is 11.6 Å². The van der Waals surface area contributed by atoms with Gasteiger partial charge in [0, 0.05) is 0 Å². The van der Waals surface area contributed by atoms with Gasteiger partial charge in [0.2, 0.25) is 0 Å². The van der Waals surface area contributed by atoms with E-state index in [9.17, 15) is 4.79 Å². The summed E-state index contributed by atoms with van der Waals surface area (Å²) in [6.45, 7) is 0. The fourth-order valence-electron chi connectivity index (χ4n) is 1.21. The van der Waals surface area contributed by atoms with E-state index in [4.69, 9.17) is 17.3 Å². The number of halogens is 1. The van der Waals surface area contributed by atoms with Gasteiger partial charge < -0.3 is 5.73 Å². The number of amides is 1. The molecule has 0 saturated heterocycles. The number of nitrogens with zero attached hydrogens (tertiary/aromatic N) is 2. The van der Waals surface area contributed by atoms with Crippen molar-refractivity contribution in [1.82, 2.24) is 9.97 Å². The predicted octanol–water partition coefficient (Wildman–Crippen LogP) is 1.38. The Morgan fingerprint density at radius 1 is 1.43 bits per heavy atom. The summed E-state index contributed by atoms with van der Waals surface area (Å²) in [5, 5.41) is 0.242. The minimum absolute atomic E-state index is 0.242. The Morgan fingerprint density at radius 2 is 2.21 bits per heavy atom. The van der Waals surface area contributed by atoms with E-state index in [1.807, 2.05) is 0 Å². The highest BCUT2D eigenvalue weighted by atomic mass is 35.5. The van der Waals surface area contributed by atoms with Crippen LogP contribution in [0.5, 0.6) is 0 Å². The van der Waals surface area contributed by atoms with Crippen molar-refractivity contribution in [2.45, 2.75) is 0 Å². The smallest absolute Gasteiger partial charge is 0.250 e. The van der Waals surface area contributed by atoms with Gasteiger partial charge in [-0.05, 0) is 12.1 Å². The third kappa shape index (κ3) is 1.40. The fourth-order valence-corrected chi connectivity index (χ4v) is 1.34. The summed E-state index contributed by atoms with van der Waals surface area (Å²) in [4.78, 5) is 19.1. The number of benzene rings is 1. The van der Waals surface area contributed by atoms with Crippen LogP contribution in [0, 0.1) is 0 Å². The average Bonchev–Trinajstić information content (AvgIpc) is 2.16. The standard InChI is InChI=1S/C9H6ClN3O/c10-7-4-12-6-3-1-2-5(9(11)14)8(6)13-7/h1-4H,(H2,11,14). The molecule has 0 aliphatic rings. The van der Waals surface area contributed by atoms with Gasteiger partial charge in [-0.25, -0.2) is 4.98 Å². The van der Waals surface area contributed by atoms with Crippen LogP contribution in [-0.4, -0.2) is 15.9 Å². The summed E-state index contributed by atoms with van der Waals surface area (Å²) in [6, 6.07) is 5.03. The highest BCUT2D eigenvalue weighted by Gasteiger charge is 2.08. The summed E-state index contributed by atoms with van der Waals surface area (Å²) < 4.78 is 0. The third-order valence-electron chi connectivity index (χ3n) is 1.81. The number of fused-ring (bicyclic) bond motifs is 1. The minimum atomic E-state index is -0.535. The molecule has 0 saturated carbocycles. The van der Waals surface area contributed by atoms with Crippen molar-refractivity contribution >= 4 is 28.5 Å². The summed E-state index contributed by atoms with van der Waals surface area (Å²) >= 11 is 5.67. The minimum Gasteiger partial charge on any atom is -0.366 e. The molecule has 0 spiro atoms. The predicted molar refractivity (Wildman–Crippen MR) is 53.1 cm³/mol. The molecule has 0 aliphatic heterocycles. The molecule has 1 amide bonds. The SMILES string of the molecule is NC(=O)c1cccc2ncc(Cl)nc12. The molecule has 1 heterocycles. The Labute approximate surface area is 84.7 Å². The zero-order valence-corrected chi connectivity index (χ0v) is 7.82. The van der Waals surface area contributed by atoms with Crippen LogP contribution in [0.15, 0.2) is 24.4 Å². The maximum atomic E-state index is 11.0. The second-order valence-corrected chi connectivity index (χ2v) is 3.12. The molecule has 0 bridgehead atoms. The number of para-hydroxylation sites is 1. The first-order valence-electron chi connectivity index (χ1n) is 3.89. The number of hydrogen-bond acceptors (Lipinski definition) is 3. The second-order valence-electron chi connectivity index (χ2n) is 2.73. The first kappa shape index (κ1) is 8.90. The van der Waals surface area contributed by atoms with E-state index in [0.717, 1.165) is 0 Å². The Hall–Kier alpha value is -1.68. The summed E-state index contributed by atoms with van der Waals surface area (Å²) in [6.07, 6.45) is 1.43. The molecule has 1 aromatic heterocycles. The molecule has 5 heteroatoms. The lowest BCUT2D eigenvalue weighted by atomic mass is 10.1. The molecular formula is C9H6ClN3O. The normalized spacial score (nSPS) is 10.4. The zero-order chi connectivity index (χ0) is 10.1. The Bertz CT molecular complexity index is 512. The summed E-state index contributed by atoms with van der Waals surface area (Å²) in [5.41, 5.74) is 6.55. The van der Waals surface area contributed by atoms with Crippen molar-refractivity contribution in [1.29, 1.82) is 0 Å². The van der Waals surface area contributed by atoms with Gasteiger partial charge in [-0.1, -0.05) is 17.7 Å². The van der Waals surface area contributed by atoms with Crippen molar-refractivity contribution < 1.29 is 4.79 Å². The van der Waals surface area contributed by atoms with Gasteiger partial charge in [-0.3, -0.25) is 9.78 Å². The Morgan fingerprint density at radius 3 is 2.93 bits per heavy atom. The molecule has 0 radical (unpaired) electrons. The highest BCUT2D eigenvalue weighted by Crippen LogP contribution is 2.16. The maximum Gasteiger partial charge on any atom is 0.250 e. The van der Waals surface area contributed by atoms with E-state index in [2.05, 4.69) is 9.97 Å². The number of carbonyl (C=O) groups excluding carboxylic acids is 1. The Kier molecular flexibility index (Phi) is 2.05. The van der Waals surface area contributed by atoms with Crippen molar-refractivity contribution in [2.24, 2.45) is 5.73 Å². The molecule has 1 aromatic carbocycles. The molecule has 0 atom stereocenters. The van der Waals surface area contributed by atoms with Crippen LogP contribution in [-0.2, 0) is 0 Å². The van der Waals surface area contributed by atoms with Gasteiger partial charge in [-0.2, -0.15) is 0 Å². The van der Waals surface area contributed by atoms with Crippen molar-refractivity contribution in [3.05, 3.63) is 35.1 Å². The molecular weight excluding hydrogens is 202 g/mol. The lowest BCUT2D eigenvalue weighted by Gasteiger charge is -2.00. The molecule has 70 valence electrons. The van der Waals surface area contributed by atoms with E-state index in [1.54, 1.807) is 18.2 Å². The van der Waals surface area contributed by atoms with Crippen LogP contribution < -0.4 is 5.73 Å². The molecule has 4 nitrogen and oxygen atoms in total.